The number of rotatable bonds is 1. The highest BCUT2D eigenvalue weighted by atomic mass is 79.9. The summed E-state index contributed by atoms with van der Waals surface area (Å²) in [7, 11) is 0. The highest BCUT2D eigenvalue weighted by Gasteiger charge is 2.13. The van der Waals surface area contributed by atoms with Gasteiger partial charge < -0.3 is 4.90 Å². The van der Waals surface area contributed by atoms with Crippen molar-refractivity contribution in [3.8, 4) is 0 Å². The zero-order valence-corrected chi connectivity index (χ0v) is 9.39. The summed E-state index contributed by atoms with van der Waals surface area (Å²) in [6.45, 7) is 2.48. The van der Waals surface area contributed by atoms with Gasteiger partial charge in [-0.25, -0.2) is 0 Å². The SMILES string of the molecule is BrC1=CC(N2CCCCC2)=CC[CH]1. The molecule has 0 bridgehead atoms. The summed E-state index contributed by atoms with van der Waals surface area (Å²) in [5.41, 5.74) is 1.41. The number of hydrogen-bond donors (Lipinski definition) is 0. The van der Waals surface area contributed by atoms with Crippen LogP contribution in [0.2, 0.25) is 0 Å². The Morgan fingerprint density at radius 2 is 1.92 bits per heavy atom. The summed E-state index contributed by atoms with van der Waals surface area (Å²) >= 11 is 3.53. The lowest BCUT2D eigenvalue weighted by Crippen LogP contribution is -2.28. The average molecular weight is 241 g/mol. The Labute approximate surface area is 88.6 Å². The first-order valence-electron chi connectivity index (χ1n) is 5.02. The standard InChI is InChI=1S/C11H15BrN/c12-10-5-4-6-11(9-10)13-7-2-1-3-8-13/h5-6,9H,1-4,7-8H2. The lowest BCUT2D eigenvalue weighted by atomic mass is 10.1. The lowest BCUT2D eigenvalue weighted by molar-refractivity contribution is 0.292. The second-order valence-corrected chi connectivity index (χ2v) is 4.56. The summed E-state index contributed by atoms with van der Waals surface area (Å²) in [6.07, 6.45) is 11.9. The Morgan fingerprint density at radius 3 is 2.62 bits per heavy atom. The molecule has 2 rings (SSSR count). The molecule has 1 nitrogen and oxygen atoms in total. The fourth-order valence-electron chi connectivity index (χ4n) is 1.92. The van der Waals surface area contributed by atoms with Crippen molar-refractivity contribution in [2.75, 3.05) is 13.1 Å². The molecule has 0 aromatic rings. The molecule has 1 aliphatic carbocycles. The molecular formula is C11H15BrN. The molecule has 71 valence electrons. The molecule has 0 N–H and O–H groups in total. The maximum atomic E-state index is 3.53. The molecule has 0 aromatic heterocycles. The third-order valence-electron chi connectivity index (χ3n) is 2.65. The molecule has 13 heavy (non-hydrogen) atoms. The highest BCUT2D eigenvalue weighted by Crippen LogP contribution is 2.25. The average Bonchev–Trinajstić information content (AvgIpc) is 2.19. The van der Waals surface area contributed by atoms with Gasteiger partial charge in [0.2, 0.25) is 0 Å². The first kappa shape index (κ1) is 9.32. The first-order chi connectivity index (χ1) is 6.36. The van der Waals surface area contributed by atoms with Crippen molar-refractivity contribution < 1.29 is 0 Å². The van der Waals surface area contributed by atoms with Gasteiger partial charge in [-0.2, -0.15) is 0 Å². The molecular weight excluding hydrogens is 226 g/mol. The number of likely N-dealkylation sites (tertiary alicyclic amines) is 1. The molecule has 2 aliphatic rings. The Hall–Kier alpha value is -0.240. The molecule has 0 spiro atoms. The Bertz CT molecular complexity index is 236. The molecule has 0 saturated carbocycles. The number of hydrogen-bond acceptors (Lipinski definition) is 1. The van der Waals surface area contributed by atoms with Gasteiger partial charge >= 0.3 is 0 Å². The third-order valence-corrected chi connectivity index (χ3v) is 3.20. The van der Waals surface area contributed by atoms with Crippen LogP contribution in [0, 0.1) is 6.42 Å². The predicted molar refractivity (Wildman–Crippen MR) is 59.4 cm³/mol. The van der Waals surface area contributed by atoms with Gasteiger partial charge in [-0.15, -0.1) is 0 Å². The normalized spacial score (nSPS) is 23.9. The lowest BCUT2D eigenvalue weighted by Gasteiger charge is -2.31. The molecule has 0 atom stereocenters. The van der Waals surface area contributed by atoms with E-state index in [2.05, 4.69) is 39.4 Å². The number of halogens is 1. The summed E-state index contributed by atoms with van der Waals surface area (Å²) in [5, 5.41) is 0. The van der Waals surface area contributed by atoms with Crippen LogP contribution in [0.15, 0.2) is 22.3 Å². The van der Waals surface area contributed by atoms with Crippen LogP contribution >= 0.6 is 15.9 Å². The number of piperidine rings is 1. The van der Waals surface area contributed by atoms with E-state index in [9.17, 15) is 0 Å². The predicted octanol–water partition coefficient (Wildman–Crippen LogP) is 3.24. The maximum Gasteiger partial charge on any atom is 0.0334 e. The topological polar surface area (TPSA) is 3.24 Å². The second-order valence-electron chi connectivity index (χ2n) is 3.65. The van der Waals surface area contributed by atoms with Gasteiger partial charge in [0.1, 0.15) is 0 Å². The van der Waals surface area contributed by atoms with Crippen LogP contribution in [-0.4, -0.2) is 18.0 Å². The van der Waals surface area contributed by atoms with Crippen LogP contribution in [-0.2, 0) is 0 Å². The van der Waals surface area contributed by atoms with Crippen molar-refractivity contribution in [1.29, 1.82) is 0 Å². The van der Waals surface area contributed by atoms with Crippen LogP contribution in [0.4, 0.5) is 0 Å². The Morgan fingerprint density at radius 1 is 1.15 bits per heavy atom. The van der Waals surface area contributed by atoms with Crippen molar-refractivity contribution >= 4 is 15.9 Å². The van der Waals surface area contributed by atoms with E-state index in [1.54, 1.807) is 0 Å². The zero-order chi connectivity index (χ0) is 9.10. The van der Waals surface area contributed by atoms with E-state index in [1.165, 1.54) is 42.5 Å². The third kappa shape index (κ3) is 2.37. The van der Waals surface area contributed by atoms with Gasteiger partial charge in [-0.3, -0.25) is 0 Å². The summed E-state index contributed by atoms with van der Waals surface area (Å²) in [5.74, 6) is 0. The van der Waals surface area contributed by atoms with E-state index in [-0.39, 0.29) is 0 Å². The minimum absolute atomic E-state index is 1.07. The zero-order valence-electron chi connectivity index (χ0n) is 7.80. The van der Waals surface area contributed by atoms with E-state index in [0.717, 1.165) is 6.42 Å². The maximum absolute atomic E-state index is 3.53. The van der Waals surface area contributed by atoms with E-state index in [1.807, 2.05) is 0 Å². The smallest absolute Gasteiger partial charge is 0.0334 e. The summed E-state index contributed by atoms with van der Waals surface area (Å²) in [4.78, 5) is 2.50. The van der Waals surface area contributed by atoms with Gasteiger partial charge in [0, 0.05) is 29.7 Å². The number of nitrogens with zero attached hydrogens (tertiary/aromatic N) is 1. The molecule has 1 heterocycles. The molecule has 1 radical (unpaired) electrons. The summed E-state index contributed by atoms with van der Waals surface area (Å²) < 4.78 is 1.23. The number of allylic oxidation sites excluding steroid dienone is 3. The minimum atomic E-state index is 1.07. The van der Waals surface area contributed by atoms with Crippen molar-refractivity contribution in [1.82, 2.24) is 4.90 Å². The Balaban J connectivity index is 2.02. The van der Waals surface area contributed by atoms with Crippen LogP contribution < -0.4 is 0 Å². The molecule has 0 amide bonds. The first-order valence-corrected chi connectivity index (χ1v) is 5.81. The highest BCUT2D eigenvalue weighted by molar-refractivity contribution is 9.11. The fourth-order valence-corrected chi connectivity index (χ4v) is 2.35. The molecule has 1 fully saturated rings. The molecule has 0 unspecified atom stereocenters. The van der Waals surface area contributed by atoms with Crippen molar-refractivity contribution in [3.63, 3.8) is 0 Å². The van der Waals surface area contributed by atoms with Gasteiger partial charge in [0.05, 0.1) is 0 Å². The second kappa shape index (κ2) is 4.32. The van der Waals surface area contributed by atoms with Gasteiger partial charge in [-0.1, -0.05) is 22.0 Å². The summed E-state index contributed by atoms with van der Waals surface area (Å²) in [6, 6.07) is 0. The molecule has 1 aliphatic heterocycles. The van der Waals surface area contributed by atoms with Crippen molar-refractivity contribution in [3.05, 3.63) is 28.8 Å². The van der Waals surface area contributed by atoms with Gasteiger partial charge in [0.25, 0.3) is 0 Å². The van der Waals surface area contributed by atoms with E-state index < -0.39 is 0 Å². The van der Waals surface area contributed by atoms with E-state index in [0.29, 0.717) is 0 Å². The van der Waals surface area contributed by atoms with Crippen molar-refractivity contribution in [2.24, 2.45) is 0 Å². The van der Waals surface area contributed by atoms with Crippen LogP contribution in [0.5, 0.6) is 0 Å². The molecule has 2 heteroatoms. The van der Waals surface area contributed by atoms with Gasteiger partial charge in [-0.05, 0) is 31.8 Å². The van der Waals surface area contributed by atoms with Gasteiger partial charge in [0.15, 0.2) is 0 Å². The molecule has 0 aromatic carbocycles. The monoisotopic (exact) mass is 240 g/mol. The van der Waals surface area contributed by atoms with E-state index >= 15 is 0 Å². The van der Waals surface area contributed by atoms with E-state index in [4.69, 9.17) is 0 Å². The minimum Gasteiger partial charge on any atom is -0.372 e. The van der Waals surface area contributed by atoms with Crippen LogP contribution in [0.3, 0.4) is 0 Å². The quantitative estimate of drug-likeness (QED) is 0.681. The van der Waals surface area contributed by atoms with Crippen molar-refractivity contribution in [2.45, 2.75) is 25.7 Å². The van der Waals surface area contributed by atoms with Crippen LogP contribution in [0.25, 0.3) is 0 Å². The largest absolute Gasteiger partial charge is 0.372 e. The Kier molecular flexibility index (Phi) is 3.09. The van der Waals surface area contributed by atoms with Crippen LogP contribution in [0.1, 0.15) is 25.7 Å². The molecule has 1 saturated heterocycles. The fraction of sp³-hybridized carbons (Fsp3) is 0.545.